The lowest BCUT2D eigenvalue weighted by atomic mass is 9.73. The van der Waals surface area contributed by atoms with Crippen LogP contribution in [0.15, 0.2) is 24.3 Å². The molecule has 2 atom stereocenters. The summed E-state index contributed by atoms with van der Waals surface area (Å²) in [5.74, 6) is -0.333. The molecule has 0 aromatic heterocycles. The van der Waals surface area contributed by atoms with Gasteiger partial charge in [0.05, 0.1) is 0 Å². The number of carbonyl (C=O) groups is 4. The summed E-state index contributed by atoms with van der Waals surface area (Å²) in [5, 5.41) is 2.90. The van der Waals surface area contributed by atoms with Crippen LogP contribution in [0.4, 0.5) is 10.5 Å². The smallest absolute Gasteiger partial charge is 0.325 e. The van der Waals surface area contributed by atoms with E-state index < -0.39 is 11.6 Å². The molecule has 4 rings (SSSR count). The van der Waals surface area contributed by atoms with Crippen molar-refractivity contribution < 1.29 is 19.2 Å². The van der Waals surface area contributed by atoms with Gasteiger partial charge in [0.25, 0.3) is 5.91 Å². The van der Waals surface area contributed by atoms with Gasteiger partial charge in [-0.2, -0.15) is 0 Å². The van der Waals surface area contributed by atoms with E-state index >= 15 is 0 Å². The molecule has 1 aromatic carbocycles. The molecule has 1 aliphatic carbocycles. The van der Waals surface area contributed by atoms with Crippen molar-refractivity contribution in [1.82, 2.24) is 15.1 Å². The molecule has 3 aliphatic rings. The van der Waals surface area contributed by atoms with Crippen molar-refractivity contribution in [3.05, 3.63) is 29.8 Å². The summed E-state index contributed by atoms with van der Waals surface area (Å²) in [6, 6.07) is 7.03. The van der Waals surface area contributed by atoms with Gasteiger partial charge in [0.15, 0.2) is 5.78 Å². The van der Waals surface area contributed by atoms with E-state index in [2.05, 4.69) is 10.2 Å². The van der Waals surface area contributed by atoms with Gasteiger partial charge in [0.1, 0.15) is 12.1 Å². The zero-order chi connectivity index (χ0) is 22.2. The first-order valence-electron chi connectivity index (χ1n) is 11.1. The molecule has 166 valence electrons. The molecule has 0 unspecified atom stereocenters. The molecule has 2 aliphatic heterocycles. The maximum atomic E-state index is 13.1. The first-order chi connectivity index (χ1) is 14.8. The van der Waals surface area contributed by atoms with E-state index in [-0.39, 0.29) is 30.1 Å². The Bertz CT molecular complexity index is 891. The predicted molar refractivity (Wildman–Crippen MR) is 116 cm³/mol. The minimum Gasteiger partial charge on any atom is -0.368 e. The number of urea groups is 1. The fourth-order valence-corrected chi connectivity index (χ4v) is 5.00. The molecule has 4 amide bonds. The number of nitrogens with zero attached hydrogens (tertiary/aromatic N) is 3. The average Bonchev–Trinajstić information content (AvgIpc) is 3.01. The van der Waals surface area contributed by atoms with Crippen molar-refractivity contribution in [3.8, 4) is 0 Å². The van der Waals surface area contributed by atoms with Gasteiger partial charge in [0.2, 0.25) is 5.91 Å². The number of hydrogen-bond donors (Lipinski definition) is 1. The van der Waals surface area contributed by atoms with Gasteiger partial charge in [-0.25, -0.2) is 4.79 Å². The third kappa shape index (κ3) is 3.91. The van der Waals surface area contributed by atoms with Gasteiger partial charge >= 0.3 is 6.03 Å². The largest absolute Gasteiger partial charge is 0.368 e. The highest BCUT2D eigenvalue weighted by molar-refractivity contribution is 6.09. The Hall–Kier alpha value is -2.90. The van der Waals surface area contributed by atoms with Crippen LogP contribution >= 0.6 is 0 Å². The summed E-state index contributed by atoms with van der Waals surface area (Å²) in [6.45, 7) is 5.72. The molecule has 31 heavy (non-hydrogen) atoms. The average molecular weight is 427 g/mol. The Morgan fingerprint density at radius 3 is 2.35 bits per heavy atom. The molecule has 2 saturated heterocycles. The van der Waals surface area contributed by atoms with E-state index in [0.29, 0.717) is 38.2 Å². The maximum absolute atomic E-state index is 13.1. The number of ketones is 1. The monoisotopic (exact) mass is 426 g/mol. The topological polar surface area (TPSA) is 90.0 Å². The van der Waals surface area contributed by atoms with Gasteiger partial charge in [-0.15, -0.1) is 0 Å². The summed E-state index contributed by atoms with van der Waals surface area (Å²) in [4.78, 5) is 54.9. The maximum Gasteiger partial charge on any atom is 0.325 e. The lowest BCUT2D eigenvalue weighted by Crippen LogP contribution is -2.55. The fraction of sp³-hybridized carbons (Fsp3) is 0.565. The lowest BCUT2D eigenvalue weighted by Gasteiger charge is -2.37. The number of Topliss-reactive ketones (excluding diaryl/α,β-unsaturated/α-hetero) is 1. The minimum atomic E-state index is -0.833. The SMILES string of the molecule is CC(=O)c1ccc(N2CCN(C(=O)CN3C(=O)N[C@@]4(CCCC[C@H]4C)C3=O)CC2)cc1. The summed E-state index contributed by atoms with van der Waals surface area (Å²) >= 11 is 0. The Morgan fingerprint density at radius 1 is 1.06 bits per heavy atom. The molecule has 1 aromatic rings. The highest BCUT2D eigenvalue weighted by atomic mass is 16.2. The second kappa shape index (κ2) is 8.32. The number of hydrogen-bond acceptors (Lipinski definition) is 5. The third-order valence-electron chi connectivity index (χ3n) is 7.07. The van der Waals surface area contributed by atoms with E-state index in [0.717, 1.165) is 29.8 Å². The van der Waals surface area contributed by atoms with Crippen molar-refractivity contribution >= 4 is 29.3 Å². The predicted octanol–water partition coefficient (Wildman–Crippen LogP) is 2.04. The number of carbonyl (C=O) groups excluding carboxylic acids is 4. The van der Waals surface area contributed by atoms with E-state index in [9.17, 15) is 19.2 Å². The number of anilines is 1. The zero-order valence-electron chi connectivity index (χ0n) is 18.2. The van der Waals surface area contributed by atoms with Crippen LogP contribution in [0.2, 0.25) is 0 Å². The van der Waals surface area contributed by atoms with Crippen LogP contribution in [0, 0.1) is 5.92 Å². The van der Waals surface area contributed by atoms with E-state index in [1.54, 1.807) is 11.8 Å². The zero-order valence-corrected chi connectivity index (χ0v) is 18.2. The summed E-state index contributed by atoms with van der Waals surface area (Å²) in [5.41, 5.74) is 0.857. The number of rotatable bonds is 4. The fourth-order valence-electron chi connectivity index (χ4n) is 5.00. The Morgan fingerprint density at radius 2 is 1.74 bits per heavy atom. The molecule has 1 N–H and O–H groups in total. The quantitative estimate of drug-likeness (QED) is 0.588. The molecular formula is C23H30N4O4. The van der Waals surface area contributed by atoms with Crippen molar-refractivity contribution in [3.63, 3.8) is 0 Å². The number of piperazine rings is 1. The number of amides is 4. The van der Waals surface area contributed by atoms with Crippen LogP contribution in [-0.2, 0) is 9.59 Å². The Labute approximate surface area is 182 Å². The Balaban J connectivity index is 1.34. The van der Waals surface area contributed by atoms with Crippen LogP contribution in [-0.4, -0.2) is 71.7 Å². The number of nitrogens with one attached hydrogen (secondary N) is 1. The van der Waals surface area contributed by atoms with Crippen molar-refractivity contribution in [2.24, 2.45) is 5.92 Å². The Kier molecular flexibility index (Phi) is 5.73. The molecule has 2 heterocycles. The van der Waals surface area contributed by atoms with Crippen molar-refractivity contribution in [2.75, 3.05) is 37.6 Å². The third-order valence-corrected chi connectivity index (χ3v) is 7.07. The van der Waals surface area contributed by atoms with Gasteiger partial charge in [-0.05, 0) is 49.9 Å². The summed E-state index contributed by atoms with van der Waals surface area (Å²) in [7, 11) is 0. The van der Waals surface area contributed by atoms with E-state index in [1.165, 1.54) is 0 Å². The molecule has 8 heteroatoms. The first-order valence-corrected chi connectivity index (χ1v) is 11.1. The van der Waals surface area contributed by atoms with Crippen LogP contribution < -0.4 is 10.2 Å². The van der Waals surface area contributed by atoms with Gasteiger partial charge < -0.3 is 15.1 Å². The van der Waals surface area contributed by atoms with Crippen molar-refractivity contribution in [1.29, 1.82) is 0 Å². The number of imide groups is 1. The molecule has 0 bridgehead atoms. The molecule has 1 saturated carbocycles. The van der Waals surface area contributed by atoms with Crippen LogP contribution in [0.3, 0.4) is 0 Å². The first kappa shape index (κ1) is 21.3. The van der Waals surface area contributed by atoms with Crippen LogP contribution in [0.25, 0.3) is 0 Å². The summed E-state index contributed by atoms with van der Waals surface area (Å²) in [6.07, 6.45) is 3.52. The van der Waals surface area contributed by atoms with Crippen LogP contribution in [0.1, 0.15) is 49.9 Å². The van der Waals surface area contributed by atoms with Gasteiger partial charge in [-0.3, -0.25) is 19.3 Å². The summed E-state index contributed by atoms with van der Waals surface area (Å²) < 4.78 is 0. The second-order valence-electron chi connectivity index (χ2n) is 8.91. The lowest BCUT2D eigenvalue weighted by molar-refractivity contribution is -0.140. The second-order valence-corrected chi connectivity index (χ2v) is 8.91. The molecule has 3 fully saturated rings. The molecule has 0 radical (unpaired) electrons. The molecular weight excluding hydrogens is 396 g/mol. The normalized spacial score (nSPS) is 26.4. The molecule has 1 spiro atoms. The van der Waals surface area contributed by atoms with Gasteiger partial charge in [-0.1, -0.05) is 19.8 Å². The van der Waals surface area contributed by atoms with E-state index in [4.69, 9.17) is 0 Å². The van der Waals surface area contributed by atoms with Crippen LogP contribution in [0.5, 0.6) is 0 Å². The van der Waals surface area contributed by atoms with E-state index in [1.807, 2.05) is 31.2 Å². The minimum absolute atomic E-state index is 0.0341. The number of benzene rings is 1. The highest BCUT2D eigenvalue weighted by Crippen LogP contribution is 2.38. The van der Waals surface area contributed by atoms with Gasteiger partial charge in [0, 0.05) is 37.4 Å². The molecule has 8 nitrogen and oxygen atoms in total. The highest BCUT2D eigenvalue weighted by Gasteiger charge is 2.55. The standard InChI is InChI=1S/C23H30N4O4/c1-16-5-3-4-10-23(16)21(30)27(22(31)24-23)15-20(29)26-13-11-25(12-14-26)19-8-6-18(7-9-19)17(2)28/h6-9,16H,3-5,10-15H2,1-2H3,(H,24,31)/t16-,23-/m1/s1. The van der Waals surface area contributed by atoms with Crippen molar-refractivity contribution in [2.45, 2.75) is 45.1 Å².